The van der Waals surface area contributed by atoms with Gasteiger partial charge in [-0.3, -0.25) is 0 Å². The fourth-order valence-corrected chi connectivity index (χ4v) is 3.72. The maximum Gasteiger partial charge on any atom is 0.243 e. The molecular weight excluding hydrogens is 406 g/mol. The van der Waals surface area contributed by atoms with E-state index in [9.17, 15) is 8.42 Å². The Labute approximate surface area is 167 Å². The van der Waals surface area contributed by atoms with Gasteiger partial charge in [0.2, 0.25) is 21.7 Å². The third-order valence-corrected chi connectivity index (χ3v) is 6.07. The van der Waals surface area contributed by atoms with Crippen LogP contribution in [0.2, 0.25) is 5.02 Å². The first kappa shape index (κ1) is 20.1. The molecule has 10 heteroatoms. The van der Waals surface area contributed by atoms with Gasteiger partial charge in [-0.1, -0.05) is 16.8 Å². The standard InChI is InChI=1S/C18H18ClN3O5S/c1-22(28(23,24)14-7-4-12(19)5-8-14)11-17-20-18(21-27-17)15-9-6-13(25-2)10-16(15)26-3/h4-10H,11H2,1-3H3. The second kappa shape index (κ2) is 8.17. The molecule has 0 atom stereocenters. The Morgan fingerprint density at radius 2 is 1.82 bits per heavy atom. The van der Waals surface area contributed by atoms with Crippen molar-refractivity contribution in [2.24, 2.45) is 0 Å². The number of aromatic nitrogens is 2. The molecule has 3 aromatic rings. The van der Waals surface area contributed by atoms with E-state index in [2.05, 4.69) is 10.1 Å². The Balaban J connectivity index is 1.82. The van der Waals surface area contributed by atoms with Crippen LogP contribution in [0.15, 0.2) is 51.9 Å². The number of halogens is 1. The minimum atomic E-state index is -3.73. The van der Waals surface area contributed by atoms with Crippen LogP contribution in [-0.2, 0) is 16.6 Å². The minimum Gasteiger partial charge on any atom is -0.497 e. The van der Waals surface area contributed by atoms with Crippen molar-refractivity contribution < 1.29 is 22.4 Å². The number of ether oxygens (including phenoxy) is 2. The van der Waals surface area contributed by atoms with Gasteiger partial charge in [0.25, 0.3) is 0 Å². The van der Waals surface area contributed by atoms with Crippen molar-refractivity contribution in [2.75, 3.05) is 21.3 Å². The molecule has 2 aromatic carbocycles. The largest absolute Gasteiger partial charge is 0.497 e. The summed E-state index contributed by atoms with van der Waals surface area (Å²) >= 11 is 5.82. The number of methoxy groups -OCH3 is 2. The zero-order chi connectivity index (χ0) is 20.3. The number of sulfonamides is 1. The Morgan fingerprint density at radius 3 is 2.46 bits per heavy atom. The van der Waals surface area contributed by atoms with Crippen LogP contribution < -0.4 is 9.47 Å². The van der Waals surface area contributed by atoms with Gasteiger partial charge in [0, 0.05) is 18.1 Å². The molecule has 0 aliphatic rings. The average molecular weight is 424 g/mol. The maximum atomic E-state index is 12.7. The van der Waals surface area contributed by atoms with E-state index >= 15 is 0 Å². The lowest BCUT2D eigenvalue weighted by Crippen LogP contribution is -2.26. The fraction of sp³-hybridized carbons (Fsp3) is 0.222. The van der Waals surface area contributed by atoms with Gasteiger partial charge in [-0.15, -0.1) is 0 Å². The normalized spacial score (nSPS) is 11.6. The van der Waals surface area contributed by atoms with Crippen LogP contribution in [0.5, 0.6) is 11.5 Å². The second-order valence-electron chi connectivity index (χ2n) is 5.79. The summed E-state index contributed by atoms with van der Waals surface area (Å²) in [5.41, 5.74) is 0.599. The Hall–Kier alpha value is -2.62. The van der Waals surface area contributed by atoms with E-state index < -0.39 is 10.0 Å². The lowest BCUT2D eigenvalue weighted by atomic mass is 10.2. The van der Waals surface area contributed by atoms with E-state index in [4.69, 9.17) is 25.6 Å². The van der Waals surface area contributed by atoms with E-state index in [1.54, 1.807) is 25.3 Å². The summed E-state index contributed by atoms with van der Waals surface area (Å²) in [5.74, 6) is 1.56. The van der Waals surface area contributed by atoms with Gasteiger partial charge in [-0.05, 0) is 36.4 Å². The maximum absolute atomic E-state index is 12.7. The Morgan fingerprint density at radius 1 is 1.11 bits per heavy atom. The van der Waals surface area contributed by atoms with Crippen LogP contribution in [0.3, 0.4) is 0 Å². The zero-order valence-electron chi connectivity index (χ0n) is 15.4. The molecule has 0 unspecified atom stereocenters. The van der Waals surface area contributed by atoms with E-state index in [0.717, 1.165) is 4.31 Å². The number of nitrogens with zero attached hydrogens (tertiary/aromatic N) is 3. The summed E-state index contributed by atoms with van der Waals surface area (Å²) in [6, 6.07) is 11.1. The van der Waals surface area contributed by atoms with Gasteiger partial charge in [-0.25, -0.2) is 8.42 Å². The first-order valence-corrected chi connectivity index (χ1v) is 9.94. The van der Waals surface area contributed by atoms with Crippen LogP contribution in [-0.4, -0.2) is 44.1 Å². The van der Waals surface area contributed by atoms with Gasteiger partial charge in [0.1, 0.15) is 11.5 Å². The summed E-state index contributed by atoms with van der Waals surface area (Å²) in [6.07, 6.45) is 0. The molecule has 3 rings (SSSR count). The van der Waals surface area contributed by atoms with Crippen molar-refractivity contribution >= 4 is 21.6 Å². The van der Waals surface area contributed by atoms with Crippen molar-refractivity contribution in [3.8, 4) is 22.9 Å². The molecule has 8 nitrogen and oxygen atoms in total. The molecule has 0 spiro atoms. The number of benzene rings is 2. The topological polar surface area (TPSA) is 94.8 Å². The molecule has 0 aliphatic carbocycles. The monoisotopic (exact) mass is 423 g/mol. The summed E-state index contributed by atoms with van der Waals surface area (Å²) in [6.45, 7) is -0.0869. The minimum absolute atomic E-state index is 0.0869. The molecule has 1 heterocycles. The van der Waals surface area contributed by atoms with Gasteiger partial charge >= 0.3 is 0 Å². The highest BCUT2D eigenvalue weighted by Crippen LogP contribution is 2.31. The predicted molar refractivity (Wildman–Crippen MR) is 103 cm³/mol. The van der Waals surface area contributed by atoms with Crippen molar-refractivity contribution in [2.45, 2.75) is 11.4 Å². The molecule has 0 fully saturated rings. The molecule has 0 saturated heterocycles. The molecule has 0 radical (unpaired) electrons. The lowest BCUT2D eigenvalue weighted by molar-refractivity contribution is 0.336. The predicted octanol–water partition coefficient (Wildman–Crippen LogP) is 3.23. The van der Waals surface area contributed by atoms with Gasteiger partial charge in [0.15, 0.2) is 0 Å². The van der Waals surface area contributed by atoms with Crippen molar-refractivity contribution in [3.63, 3.8) is 0 Å². The third-order valence-electron chi connectivity index (χ3n) is 4.00. The van der Waals surface area contributed by atoms with Crippen molar-refractivity contribution in [1.29, 1.82) is 0 Å². The quantitative estimate of drug-likeness (QED) is 0.575. The van der Waals surface area contributed by atoms with Crippen molar-refractivity contribution in [3.05, 3.63) is 53.4 Å². The molecule has 1 aromatic heterocycles. The highest BCUT2D eigenvalue weighted by molar-refractivity contribution is 7.89. The lowest BCUT2D eigenvalue weighted by Gasteiger charge is -2.15. The van der Waals surface area contributed by atoms with Crippen LogP contribution in [0, 0.1) is 0 Å². The highest BCUT2D eigenvalue weighted by atomic mass is 35.5. The average Bonchev–Trinajstić information content (AvgIpc) is 3.15. The van der Waals surface area contributed by atoms with Crippen LogP contribution in [0.1, 0.15) is 5.89 Å². The van der Waals surface area contributed by atoms with Crippen molar-refractivity contribution in [1.82, 2.24) is 14.4 Å². The van der Waals surface area contributed by atoms with Crippen LogP contribution in [0.25, 0.3) is 11.4 Å². The number of hydrogen-bond acceptors (Lipinski definition) is 7. The first-order valence-electron chi connectivity index (χ1n) is 8.12. The molecule has 148 valence electrons. The molecule has 0 bridgehead atoms. The van der Waals surface area contributed by atoms with E-state index in [1.807, 2.05) is 0 Å². The molecule has 0 aliphatic heterocycles. The molecule has 0 saturated carbocycles. The summed E-state index contributed by atoms with van der Waals surface area (Å²) in [4.78, 5) is 4.40. The van der Waals surface area contributed by atoms with Crippen LogP contribution in [0.4, 0.5) is 0 Å². The zero-order valence-corrected chi connectivity index (χ0v) is 17.0. The molecule has 28 heavy (non-hydrogen) atoms. The summed E-state index contributed by atoms with van der Waals surface area (Å²) in [5, 5.41) is 4.38. The molecular formula is C18H18ClN3O5S. The molecule has 0 N–H and O–H groups in total. The SMILES string of the molecule is COc1ccc(-c2noc(CN(C)S(=O)(=O)c3ccc(Cl)cc3)n2)c(OC)c1. The van der Waals surface area contributed by atoms with Crippen LogP contribution >= 0.6 is 11.6 Å². The Kier molecular flexibility index (Phi) is 5.87. The van der Waals surface area contributed by atoms with Gasteiger partial charge < -0.3 is 14.0 Å². The molecule has 0 amide bonds. The van der Waals surface area contributed by atoms with E-state index in [1.165, 1.54) is 38.4 Å². The number of hydrogen-bond donors (Lipinski definition) is 0. The number of rotatable bonds is 7. The first-order chi connectivity index (χ1) is 13.3. The smallest absolute Gasteiger partial charge is 0.243 e. The highest BCUT2D eigenvalue weighted by Gasteiger charge is 2.23. The van der Waals surface area contributed by atoms with E-state index in [0.29, 0.717) is 22.1 Å². The van der Waals surface area contributed by atoms with E-state index in [-0.39, 0.29) is 23.2 Å². The summed E-state index contributed by atoms with van der Waals surface area (Å²) < 4.78 is 42.2. The fourth-order valence-electron chi connectivity index (χ4n) is 2.47. The summed E-state index contributed by atoms with van der Waals surface area (Å²) in [7, 11) is 0.780. The third kappa shape index (κ3) is 4.11. The van der Waals surface area contributed by atoms with Gasteiger partial charge in [0.05, 0.1) is 31.2 Å². The second-order valence-corrected chi connectivity index (χ2v) is 8.27. The van der Waals surface area contributed by atoms with Gasteiger partial charge in [-0.2, -0.15) is 9.29 Å². The Bertz CT molecular complexity index is 1070.